The van der Waals surface area contributed by atoms with Gasteiger partial charge in [-0.2, -0.15) is 0 Å². The van der Waals surface area contributed by atoms with Gasteiger partial charge in [-0.1, -0.05) is 51.2 Å². The Kier molecular flexibility index (Phi) is 10.7. The van der Waals surface area contributed by atoms with E-state index in [0.717, 1.165) is 18.4 Å². The summed E-state index contributed by atoms with van der Waals surface area (Å²) < 4.78 is 21.5. The van der Waals surface area contributed by atoms with E-state index in [0.29, 0.717) is 24.8 Å². The Morgan fingerprint density at radius 3 is 2.61 bits per heavy atom. The van der Waals surface area contributed by atoms with Gasteiger partial charge in [0, 0.05) is 13.3 Å². The monoisotopic (exact) mass is 340 g/mol. The maximum atomic E-state index is 12.0. The van der Waals surface area contributed by atoms with Crippen LogP contribution in [-0.4, -0.2) is 25.8 Å². The summed E-state index contributed by atoms with van der Waals surface area (Å²) in [6.45, 7) is 2.68. The van der Waals surface area contributed by atoms with Crippen molar-refractivity contribution in [3.8, 4) is 0 Å². The Balaban J connectivity index is 2.31. The molecule has 5 heteroatoms. The number of benzene rings is 1. The Hall–Kier alpha value is -1.12. The van der Waals surface area contributed by atoms with Gasteiger partial charge in [0.15, 0.2) is 8.03 Å². The maximum Gasteiger partial charge on any atom is 0.338 e. The largest absolute Gasteiger partial charge is 0.462 e. The van der Waals surface area contributed by atoms with Crippen LogP contribution in [0.4, 0.5) is 0 Å². The topological polar surface area (TPSA) is 52.6 Å². The van der Waals surface area contributed by atoms with Gasteiger partial charge >= 0.3 is 5.97 Å². The van der Waals surface area contributed by atoms with Crippen LogP contribution in [0, 0.1) is 0 Å². The Bertz CT molecular complexity index is 488. The standard InChI is InChI=1S/C18H29O4P/c1-3-4-5-6-7-8-13-22-18(19)17-11-9-10-16(15-17)12-14-23(20)21-2/h9-11,15,23H,3-8,12-14H2,1-2H3. The van der Waals surface area contributed by atoms with E-state index >= 15 is 0 Å². The average Bonchev–Trinajstić information content (AvgIpc) is 2.58. The molecule has 0 aliphatic carbocycles. The third-order valence-electron chi connectivity index (χ3n) is 3.74. The van der Waals surface area contributed by atoms with Crippen LogP contribution in [0.25, 0.3) is 0 Å². The Morgan fingerprint density at radius 1 is 1.13 bits per heavy atom. The molecule has 0 aromatic heterocycles. The minimum atomic E-state index is -1.95. The van der Waals surface area contributed by atoms with Crippen molar-refractivity contribution in [1.29, 1.82) is 0 Å². The van der Waals surface area contributed by atoms with Crippen LogP contribution in [0.1, 0.15) is 61.4 Å². The molecule has 0 N–H and O–H groups in total. The van der Waals surface area contributed by atoms with Crippen molar-refractivity contribution in [3.63, 3.8) is 0 Å². The van der Waals surface area contributed by atoms with Crippen LogP contribution in [0.2, 0.25) is 0 Å². The number of unbranched alkanes of at least 4 members (excludes halogenated alkanes) is 5. The zero-order valence-electron chi connectivity index (χ0n) is 14.3. The lowest BCUT2D eigenvalue weighted by molar-refractivity contribution is 0.0497. The van der Waals surface area contributed by atoms with Crippen molar-refractivity contribution in [2.75, 3.05) is 19.9 Å². The first-order valence-corrected chi connectivity index (χ1v) is 10.0. The number of ether oxygens (including phenoxy) is 1. The molecule has 1 aromatic carbocycles. The summed E-state index contributed by atoms with van der Waals surface area (Å²) in [6, 6.07) is 7.33. The highest BCUT2D eigenvalue weighted by molar-refractivity contribution is 7.39. The van der Waals surface area contributed by atoms with Gasteiger partial charge in [0.1, 0.15) is 0 Å². The van der Waals surface area contributed by atoms with Gasteiger partial charge < -0.3 is 9.26 Å². The average molecular weight is 340 g/mol. The van der Waals surface area contributed by atoms with Crippen LogP contribution >= 0.6 is 8.03 Å². The summed E-state index contributed by atoms with van der Waals surface area (Å²) >= 11 is 0. The third kappa shape index (κ3) is 8.92. The second-order valence-electron chi connectivity index (χ2n) is 5.68. The molecule has 0 spiro atoms. The molecule has 4 nitrogen and oxygen atoms in total. The molecule has 0 fully saturated rings. The van der Waals surface area contributed by atoms with E-state index < -0.39 is 8.03 Å². The fraction of sp³-hybridized carbons (Fsp3) is 0.611. The van der Waals surface area contributed by atoms with Gasteiger partial charge in [-0.25, -0.2) is 4.79 Å². The molecule has 1 aromatic rings. The first-order valence-electron chi connectivity index (χ1n) is 8.50. The smallest absolute Gasteiger partial charge is 0.338 e. The van der Waals surface area contributed by atoms with Gasteiger partial charge in [-0.15, -0.1) is 0 Å². The maximum absolute atomic E-state index is 12.0. The Morgan fingerprint density at radius 2 is 1.87 bits per heavy atom. The number of carbonyl (C=O) groups is 1. The molecule has 1 rings (SSSR count). The van der Waals surface area contributed by atoms with E-state index in [1.807, 2.05) is 18.2 Å². The van der Waals surface area contributed by atoms with Crippen molar-refractivity contribution in [3.05, 3.63) is 35.4 Å². The normalized spacial score (nSPS) is 12.1. The zero-order valence-corrected chi connectivity index (χ0v) is 15.3. The number of rotatable bonds is 12. The molecule has 1 atom stereocenters. The first kappa shape index (κ1) is 19.9. The molecule has 0 radical (unpaired) electrons. The third-order valence-corrected chi connectivity index (χ3v) is 4.85. The fourth-order valence-corrected chi connectivity index (χ4v) is 3.03. The number of carbonyl (C=O) groups excluding carboxylic acids is 1. The Labute approximate surface area is 140 Å². The zero-order chi connectivity index (χ0) is 16.9. The van der Waals surface area contributed by atoms with Gasteiger partial charge in [-0.3, -0.25) is 4.57 Å². The molecule has 0 saturated heterocycles. The molecule has 0 bridgehead atoms. The van der Waals surface area contributed by atoms with Gasteiger partial charge in [-0.05, 0) is 30.5 Å². The molecule has 130 valence electrons. The molecule has 0 amide bonds. The SMILES string of the molecule is CCCCCCCCOC(=O)c1cccc(CC[PH](=O)OC)c1. The van der Waals surface area contributed by atoms with Gasteiger partial charge in [0.2, 0.25) is 0 Å². The van der Waals surface area contributed by atoms with E-state index in [9.17, 15) is 9.36 Å². The summed E-state index contributed by atoms with van der Waals surface area (Å²) in [5, 5.41) is 0. The van der Waals surface area contributed by atoms with E-state index in [2.05, 4.69) is 6.92 Å². The molecule has 23 heavy (non-hydrogen) atoms. The van der Waals surface area contributed by atoms with E-state index in [1.165, 1.54) is 32.8 Å². The second-order valence-corrected chi connectivity index (χ2v) is 7.33. The number of hydrogen-bond donors (Lipinski definition) is 0. The van der Waals surface area contributed by atoms with E-state index in [4.69, 9.17) is 9.26 Å². The summed E-state index contributed by atoms with van der Waals surface area (Å²) in [5.41, 5.74) is 1.54. The minimum absolute atomic E-state index is 0.278. The quantitative estimate of drug-likeness (QED) is 0.309. The van der Waals surface area contributed by atoms with Crippen molar-refractivity contribution in [2.45, 2.75) is 51.9 Å². The highest BCUT2D eigenvalue weighted by Gasteiger charge is 2.08. The van der Waals surface area contributed by atoms with Crippen LogP contribution in [0.3, 0.4) is 0 Å². The van der Waals surface area contributed by atoms with Gasteiger partial charge in [0.05, 0.1) is 12.2 Å². The lowest BCUT2D eigenvalue weighted by Gasteiger charge is -2.07. The van der Waals surface area contributed by atoms with Crippen molar-refractivity contribution in [1.82, 2.24) is 0 Å². The molecular formula is C18H29O4P. The summed E-state index contributed by atoms with van der Waals surface area (Å²) in [5.74, 6) is -0.278. The number of aryl methyl sites for hydroxylation is 1. The molecule has 0 heterocycles. The highest BCUT2D eigenvalue weighted by atomic mass is 31.1. The lowest BCUT2D eigenvalue weighted by Crippen LogP contribution is -2.07. The highest BCUT2D eigenvalue weighted by Crippen LogP contribution is 2.22. The number of hydrogen-bond acceptors (Lipinski definition) is 4. The summed E-state index contributed by atoms with van der Waals surface area (Å²) in [6.07, 6.45) is 8.16. The van der Waals surface area contributed by atoms with Crippen molar-refractivity contribution < 1.29 is 18.6 Å². The fourth-order valence-electron chi connectivity index (χ4n) is 2.33. The minimum Gasteiger partial charge on any atom is -0.462 e. The lowest BCUT2D eigenvalue weighted by atomic mass is 10.1. The summed E-state index contributed by atoms with van der Waals surface area (Å²) in [7, 11) is -0.496. The van der Waals surface area contributed by atoms with Crippen LogP contribution in [-0.2, 0) is 20.2 Å². The molecule has 0 saturated carbocycles. The second kappa shape index (κ2) is 12.3. The molecule has 0 aliphatic rings. The van der Waals surface area contributed by atoms with E-state index in [-0.39, 0.29) is 5.97 Å². The van der Waals surface area contributed by atoms with Crippen molar-refractivity contribution >= 4 is 14.0 Å². The van der Waals surface area contributed by atoms with Crippen LogP contribution in [0.5, 0.6) is 0 Å². The number of esters is 1. The van der Waals surface area contributed by atoms with Gasteiger partial charge in [0.25, 0.3) is 0 Å². The first-order chi connectivity index (χ1) is 11.2. The van der Waals surface area contributed by atoms with Crippen LogP contribution in [0.15, 0.2) is 24.3 Å². The predicted molar refractivity (Wildman–Crippen MR) is 94.7 cm³/mol. The predicted octanol–water partition coefficient (Wildman–Crippen LogP) is 4.87. The van der Waals surface area contributed by atoms with E-state index in [1.54, 1.807) is 6.07 Å². The molecule has 0 aliphatic heterocycles. The summed E-state index contributed by atoms with van der Waals surface area (Å²) in [4.78, 5) is 12.0. The van der Waals surface area contributed by atoms with Crippen LogP contribution < -0.4 is 0 Å². The molecule has 1 unspecified atom stereocenters. The van der Waals surface area contributed by atoms with Crippen molar-refractivity contribution in [2.24, 2.45) is 0 Å². The molecular weight excluding hydrogens is 311 g/mol.